The second kappa shape index (κ2) is 7.92. The molecule has 124 valence electrons. The van der Waals surface area contributed by atoms with E-state index in [-0.39, 0.29) is 12.5 Å². The van der Waals surface area contributed by atoms with Crippen molar-refractivity contribution in [2.24, 2.45) is 0 Å². The number of benzene rings is 2. The van der Waals surface area contributed by atoms with E-state index in [1.54, 1.807) is 48.5 Å². The normalized spacial score (nSPS) is 9.92. The molecule has 0 fully saturated rings. The molecule has 0 radical (unpaired) electrons. The molecule has 24 heavy (non-hydrogen) atoms. The summed E-state index contributed by atoms with van der Waals surface area (Å²) in [4.78, 5) is 34.6. The van der Waals surface area contributed by atoms with Gasteiger partial charge in [-0.2, -0.15) is 0 Å². The highest BCUT2D eigenvalue weighted by molar-refractivity contribution is 5.96. The quantitative estimate of drug-likeness (QED) is 0.828. The van der Waals surface area contributed by atoms with Crippen LogP contribution in [0.15, 0.2) is 48.5 Å². The maximum Gasteiger partial charge on any atom is 0.338 e. The zero-order chi connectivity index (χ0) is 17.5. The van der Waals surface area contributed by atoms with E-state index in [4.69, 9.17) is 4.74 Å². The fourth-order valence-electron chi connectivity index (χ4n) is 1.94. The number of amides is 2. The molecular weight excluding hydrogens is 308 g/mol. The maximum absolute atomic E-state index is 11.8. The molecule has 0 saturated heterocycles. The third-order valence-electron chi connectivity index (χ3n) is 3.11. The minimum absolute atomic E-state index is 0.171. The third-order valence-corrected chi connectivity index (χ3v) is 3.11. The molecule has 6 nitrogen and oxygen atoms in total. The molecule has 6 heteroatoms. The van der Waals surface area contributed by atoms with Gasteiger partial charge in [-0.25, -0.2) is 4.79 Å². The van der Waals surface area contributed by atoms with Gasteiger partial charge in [0, 0.05) is 18.3 Å². The zero-order valence-corrected chi connectivity index (χ0v) is 13.5. The van der Waals surface area contributed by atoms with Gasteiger partial charge in [-0.05, 0) is 43.3 Å². The fourth-order valence-corrected chi connectivity index (χ4v) is 1.94. The summed E-state index contributed by atoms with van der Waals surface area (Å²) >= 11 is 0. The van der Waals surface area contributed by atoms with Crippen LogP contribution in [0.3, 0.4) is 0 Å². The van der Waals surface area contributed by atoms with Crippen LogP contribution in [0.4, 0.5) is 11.4 Å². The summed E-state index contributed by atoms with van der Waals surface area (Å²) in [5, 5.41) is 5.24. The average molecular weight is 326 g/mol. The molecule has 2 N–H and O–H groups in total. The van der Waals surface area contributed by atoms with Crippen LogP contribution in [0.2, 0.25) is 0 Å². The number of anilines is 2. The molecule has 2 aromatic carbocycles. The van der Waals surface area contributed by atoms with Crippen LogP contribution in [-0.4, -0.2) is 24.4 Å². The van der Waals surface area contributed by atoms with Crippen molar-refractivity contribution in [1.29, 1.82) is 0 Å². The number of carbonyl (C=O) groups excluding carboxylic acids is 3. The van der Waals surface area contributed by atoms with E-state index in [1.807, 2.05) is 6.92 Å². The molecule has 0 spiro atoms. The van der Waals surface area contributed by atoms with Crippen LogP contribution in [-0.2, 0) is 14.3 Å². The van der Waals surface area contributed by atoms with Crippen molar-refractivity contribution in [3.05, 3.63) is 59.7 Å². The Hall–Kier alpha value is -3.15. The van der Waals surface area contributed by atoms with Crippen LogP contribution in [0.25, 0.3) is 0 Å². The lowest BCUT2D eigenvalue weighted by molar-refractivity contribution is -0.119. The summed E-state index contributed by atoms with van der Waals surface area (Å²) in [7, 11) is 0. The minimum Gasteiger partial charge on any atom is -0.452 e. The third kappa shape index (κ3) is 5.24. The Balaban J connectivity index is 1.83. The molecule has 2 amide bonds. The lowest BCUT2D eigenvalue weighted by Gasteiger charge is -2.08. The SMILES string of the molecule is CC(=O)Nc1ccc(NC(=O)COC(=O)c2ccc(C)cc2)cc1. The van der Waals surface area contributed by atoms with Crippen LogP contribution in [0.5, 0.6) is 0 Å². The second-order valence-electron chi connectivity index (χ2n) is 5.25. The highest BCUT2D eigenvalue weighted by Gasteiger charge is 2.10. The van der Waals surface area contributed by atoms with Crippen molar-refractivity contribution >= 4 is 29.2 Å². The predicted molar refractivity (Wildman–Crippen MR) is 90.8 cm³/mol. The summed E-state index contributed by atoms with van der Waals surface area (Å²) in [5.41, 5.74) is 2.60. The molecule has 0 aromatic heterocycles. The molecule has 0 aliphatic carbocycles. The molecule has 2 aromatic rings. The number of hydrogen-bond acceptors (Lipinski definition) is 4. The number of hydrogen-bond donors (Lipinski definition) is 2. The number of ether oxygens (including phenoxy) is 1. The van der Waals surface area contributed by atoms with Gasteiger partial charge in [0.1, 0.15) is 0 Å². The smallest absolute Gasteiger partial charge is 0.338 e. The summed E-state index contributed by atoms with van der Waals surface area (Å²) in [6.45, 7) is 2.96. The van der Waals surface area contributed by atoms with Crippen molar-refractivity contribution in [2.75, 3.05) is 17.2 Å². The first kappa shape index (κ1) is 17.2. The highest BCUT2D eigenvalue weighted by Crippen LogP contribution is 2.13. The van der Waals surface area contributed by atoms with Crippen molar-refractivity contribution < 1.29 is 19.1 Å². The zero-order valence-electron chi connectivity index (χ0n) is 13.5. The summed E-state index contributed by atoms with van der Waals surface area (Å²) in [5.74, 6) is -1.16. The van der Waals surface area contributed by atoms with Crippen molar-refractivity contribution in [3.8, 4) is 0 Å². The highest BCUT2D eigenvalue weighted by atomic mass is 16.5. The van der Waals surface area contributed by atoms with Crippen LogP contribution in [0.1, 0.15) is 22.8 Å². The van der Waals surface area contributed by atoms with Crippen molar-refractivity contribution in [3.63, 3.8) is 0 Å². The topological polar surface area (TPSA) is 84.5 Å². The summed E-state index contributed by atoms with van der Waals surface area (Å²) in [6, 6.07) is 13.5. The molecule has 0 aliphatic heterocycles. The molecule has 0 unspecified atom stereocenters. The van der Waals surface area contributed by atoms with Gasteiger partial charge in [0.15, 0.2) is 6.61 Å². The van der Waals surface area contributed by atoms with Crippen molar-refractivity contribution in [1.82, 2.24) is 0 Å². The number of rotatable bonds is 5. The molecule has 0 heterocycles. The molecular formula is C18H18N2O4. The van der Waals surface area contributed by atoms with E-state index in [0.717, 1.165) is 5.56 Å². The number of esters is 1. The standard InChI is InChI=1S/C18H18N2O4/c1-12-3-5-14(6-4-12)18(23)24-11-17(22)20-16-9-7-15(8-10-16)19-13(2)21/h3-10H,11H2,1-2H3,(H,19,21)(H,20,22). The van der Waals surface area contributed by atoms with Crippen molar-refractivity contribution in [2.45, 2.75) is 13.8 Å². The number of nitrogens with one attached hydrogen (secondary N) is 2. The summed E-state index contributed by atoms with van der Waals surface area (Å²) in [6.07, 6.45) is 0. The van der Waals surface area contributed by atoms with Gasteiger partial charge in [-0.3, -0.25) is 9.59 Å². The van der Waals surface area contributed by atoms with E-state index in [9.17, 15) is 14.4 Å². The number of aryl methyl sites for hydroxylation is 1. The Labute approximate surface area is 139 Å². The van der Waals surface area contributed by atoms with Gasteiger partial charge in [0.2, 0.25) is 5.91 Å². The largest absolute Gasteiger partial charge is 0.452 e. The molecule has 0 saturated carbocycles. The Bertz CT molecular complexity index is 737. The first-order chi connectivity index (χ1) is 11.4. The Morgan fingerprint density at radius 1 is 0.875 bits per heavy atom. The minimum atomic E-state index is -0.550. The maximum atomic E-state index is 11.8. The average Bonchev–Trinajstić information content (AvgIpc) is 2.54. The lowest BCUT2D eigenvalue weighted by atomic mass is 10.1. The van der Waals surface area contributed by atoms with Crippen LogP contribution >= 0.6 is 0 Å². The van der Waals surface area contributed by atoms with Gasteiger partial charge >= 0.3 is 5.97 Å². The lowest BCUT2D eigenvalue weighted by Crippen LogP contribution is -2.20. The van der Waals surface area contributed by atoms with Crippen LogP contribution < -0.4 is 10.6 Å². The predicted octanol–water partition coefficient (Wildman–Crippen LogP) is 2.75. The van der Waals surface area contributed by atoms with E-state index in [1.165, 1.54) is 6.92 Å². The van der Waals surface area contributed by atoms with Crippen LogP contribution in [0, 0.1) is 6.92 Å². The fraction of sp³-hybridized carbons (Fsp3) is 0.167. The van der Waals surface area contributed by atoms with Gasteiger partial charge in [0.05, 0.1) is 5.56 Å². The van der Waals surface area contributed by atoms with Gasteiger partial charge in [-0.1, -0.05) is 17.7 Å². The first-order valence-corrected chi connectivity index (χ1v) is 7.35. The van der Waals surface area contributed by atoms with E-state index in [0.29, 0.717) is 16.9 Å². The van der Waals surface area contributed by atoms with Gasteiger partial charge < -0.3 is 15.4 Å². The Morgan fingerprint density at radius 3 is 1.96 bits per heavy atom. The van der Waals surface area contributed by atoms with E-state index < -0.39 is 11.9 Å². The van der Waals surface area contributed by atoms with E-state index in [2.05, 4.69) is 10.6 Å². The molecule has 0 atom stereocenters. The monoisotopic (exact) mass is 326 g/mol. The van der Waals surface area contributed by atoms with Gasteiger partial charge in [-0.15, -0.1) is 0 Å². The Kier molecular flexibility index (Phi) is 5.68. The molecule has 2 rings (SSSR count). The van der Waals surface area contributed by atoms with Gasteiger partial charge in [0.25, 0.3) is 5.91 Å². The Morgan fingerprint density at radius 2 is 1.42 bits per heavy atom. The van der Waals surface area contributed by atoms with E-state index >= 15 is 0 Å². The summed E-state index contributed by atoms with van der Waals surface area (Å²) < 4.78 is 4.97. The number of carbonyl (C=O) groups is 3. The molecule has 0 bridgehead atoms. The molecule has 0 aliphatic rings. The first-order valence-electron chi connectivity index (χ1n) is 7.35. The second-order valence-corrected chi connectivity index (χ2v) is 5.25.